The van der Waals surface area contributed by atoms with Crippen LogP contribution in [0.5, 0.6) is 0 Å². The fourth-order valence-corrected chi connectivity index (χ4v) is 1.72. The molecule has 0 saturated heterocycles. The number of nitrogens with two attached hydrogens (primary N) is 1. The molecule has 0 radical (unpaired) electrons. The quantitative estimate of drug-likeness (QED) is 0.821. The highest BCUT2D eigenvalue weighted by Crippen LogP contribution is 2.28. The van der Waals surface area contributed by atoms with E-state index in [4.69, 9.17) is 17.3 Å². The second-order valence-electron chi connectivity index (χ2n) is 4.68. The topological polar surface area (TPSA) is 50.9 Å². The Morgan fingerprint density at radius 1 is 1.35 bits per heavy atom. The fourth-order valence-electron chi connectivity index (χ4n) is 1.65. The van der Waals surface area contributed by atoms with E-state index in [-0.39, 0.29) is 4.87 Å². The van der Waals surface area contributed by atoms with Gasteiger partial charge in [-0.05, 0) is 19.9 Å². The number of nitrogens with one attached hydrogen (secondary N) is 1. The Hall–Kier alpha value is -1.48. The second-order valence-corrected chi connectivity index (χ2v) is 5.70. The molecule has 0 aliphatic rings. The van der Waals surface area contributed by atoms with Crippen molar-refractivity contribution in [3.63, 3.8) is 0 Å². The van der Waals surface area contributed by atoms with E-state index < -0.39 is 0 Å². The molecular weight excluding hydrogens is 234 g/mol. The Labute approximate surface area is 106 Å². The van der Waals surface area contributed by atoms with Crippen LogP contribution in [0.1, 0.15) is 13.8 Å². The Morgan fingerprint density at radius 3 is 2.76 bits per heavy atom. The summed E-state index contributed by atoms with van der Waals surface area (Å²) in [6, 6.07) is 7.90. The SMILES string of the molecule is CC(C)(Cl)CNc1c(N)cnc2ccccc12. The maximum Gasteiger partial charge on any atom is 0.0743 e. The number of aromatic nitrogens is 1. The van der Waals surface area contributed by atoms with E-state index in [9.17, 15) is 0 Å². The van der Waals surface area contributed by atoms with Crippen LogP contribution in [0.4, 0.5) is 11.4 Å². The number of anilines is 2. The van der Waals surface area contributed by atoms with Crippen LogP contribution in [0.15, 0.2) is 30.5 Å². The first-order valence-corrected chi connectivity index (χ1v) is 5.91. The molecule has 0 amide bonds. The number of benzene rings is 1. The lowest BCUT2D eigenvalue weighted by atomic mass is 10.1. The third-order valence-electron chi connectivity index (χ3n) is 2.49. The molecule has 1 aromatic carbocycles. The van der Waals surface area contributed by atoms with Crippen LogP contribution < -0.4 is 11.1 Å². The van der Waals surface area contributed by atoms with E-state index in [0.717, 1.165) is 16.6 Å². The summed E-state index contributed by atoms with van der Waals surface area (Å²) in [4.78, 5) is 3.98. The van der Waals surface area contributed by atoms with Gasteiger partial charge in [0.1, 0.15) is 0 Å². The van der Waals surface area contributed by atoms with Crippen LogP contribution in [0.2, 0.25) is 0 Å². The van der Waals surface area contributed by atoms with Gasteiger partial charge in [-0.2, -0.15) is 0 Å². The molecule has 2 aromatic rings. The Balaban J connectivity index is 2.41. The molecule has 0 bridgehead atoms. The molecule has 0 fully saturated rings. The van der Waals surface area contributed by atoms with Crippen LogP contribution in [0, 0.1) is 0 Å². The molecule has 0 aliphatic heterocycles. The molecular formula is C13H16ClN3. The predicted octanol–water partition coefficient (Wildman–Crippen LogP) is 3.25. The lowest BCUT2D eigenvalue weighted by Gasteiger charge is -2.19. The summed E-state index contributed by atoms with van der Waals surface area (Å²) in [5, 5.41) is 4.32. The third-order valence-corrected chi connectivity index (χ3v) is 2.62. The Bertz CT molecular complexity index is 532. The van der Waals surface area contributed by atoms with Gasteiger partial charge >= 0.3 is 0 Å². The smallest absolute Gasteiger partial charge is 0.0743 e. The molecule has 1 aromatic heterocycles. The zero-order valence-corrected chi connectivity index (χ0v) is 10.8. The summed E-state index contributed by atoms with van der Waals surface area (Å²) in [5.41, 5.74) is 8.43. The van der Waals surface area contributed by atoms with E-state index in [0.29, 0.717) is 12.2 Å². The highest BCUT2D eigenvalue weighted by Gasteiger charge is 2.14. The molecule has 2 rings (SSSR count). The molecule has 17 heavy (non-hydrogen) atoms. The summed E-state index contributed by atoms with van der Waals surface area (Å²) >= 11 is 6.17. The zero-order valence-electron chi connectivity index (χ0n) is 10.00. The average Bonchev–Trinajstić information content (AvgIpc) is 2.26. The van der Waals surface area contributed by atoms with Crippen molar-refractivity contribution in [2.75, 3.05) is 17.6 Å². The number of pyridine rings is 1. The van der Waals surface area contributed by atoms with Gasteiger partial charge in [0.15, 0.2) is 0 Å². The van der Waals surface area contributed by atoms with Crippen molar-refractivity contribution in [1.29, 1.82) is 0 Å². The lowest BCUT2D eigenvalue weighted by molar-refractivity contribution is 0.737. The second kappa shape index (κ2) is 4.41. The molecule has 3 N–H and O–H groups in total. The monoisotopic (exact) mass is 249 g/mol. The minimum absolute atomic E-state index is 0.309. The van der Waals surface area contributed by atoms with Crippen molar-refractivity contribution in [3.8, 4) is 0 Å². The Kier molecular flexibility index (Phi) is 3.11. The van der Waals surface area contributed by atoms with E-state index in [2.05, 4.69) is 10.3 Å². The van der Waals surface area contributed by atoms with Gasteiger partial charge in [-0.1, -0.05) is 18.2 Å². The summed E-state index contributed by atoms with van der Waals surface area (Å²) < 4.78 is 0. The molecule has 0 spiro atoms. The first-order chi connectivity index (χ1) is 7.97. The summed E-state index contributed by atoms with van der Waals surface area (Å²) in [7, 11) is 0. The predicted molar refractivity (Wildman–Crippen MR) is 74.6 cm³/mol. The number of nitrogens with zero attached hydrogens (tertiary/aromatic N) is 1. The maximum atomic E-state index is 6.17. The normalized spacial score (nSPS) is 11.7. The molecule has 1 heterocycles. The number of rotatable bonds is 3. The molecule has 90 valence electrons. The lowest BCUT2D eigenvalue weighted by Crippen LogP contribution is -2.23. The van der Waals surface area contributed by atoms with Gasteiger partial charge in [-0.25, -0.2) is 0 Å². The average molecular weight is 250 g/mol. The van der Waals surface area contributed by atoms with E-state index in [1.165, 1.54) is 0 Å². The van der Waals surface area contributed by atoms with Crippen molar-refractivity contribution in [2.45, 2.75) is 18.7 Å². The van der Waals surface area contributed by atoms with E-state index in [1.54, 1.807) is 6.20 Å². The van der Waals surface area contributed by atoms with Crippen LogP contribution >= 0.6 is 11.6 Å². The van der Waals surface area contributed by atoms with Crippen LogP contribution in [0.25, 0.3) is 10.9 Å². The highest BCUT2D eigenvalue weighted by molar-refractivity contribution is 6.23. The van der Waals surface area contributed by atoms with Gasteiger partial charge in [-0.3, -0.25) is 4.98 Å². The molecule has 0 unspecified atom stereocenters. The van der Waals surface area contributed by atoms with Crippen LogP contribution in [0.3, 0.4) is 0 Å². The molecule has 0 saturated carbocycles. The maximum absolute atomic E-state index is 6.17. The number of hydrogen-bond donors (Lipinski definition) is 2. The van der Waals surface area contributed by atoms with Gasteiger partial charge in [0.05, 0.1) is 28.0 Å². The minimum atomic E-state index is -0.309. The van der Waals surface area contributed by atoms with Gasteiger partial charge in [0.25, 0.3) is 0 Å². The summed E-state index contributed by atoms with van der Waals surface area (Å²) in [6.07, 6.45) is 1.67. The minimum Gasteiger partial charge on any atom is -0.396 e. The molecule has 3 nitrogen and oxygen atoms in total. The van der Waals surface area contributed by atoms with Gasteiger partial charge in [0, 0.05) is 11.9 Å². The number of alkyl halides is 1. The molecule has 0 aliphatic carbocycles. The van der Waals surface area contributed by atoms with Crippen LogP contribution in [-0.2, 0) is 0 Å². The fraction of sp³-hybridized carbons (Fsp3) is 0.308. The van der Waals surface area contributed by atoms with Crippen molar-refractivity contribution in [3.05, 3.63) is 30.5 Å². The van der Waals surface area contributed by atoms with Crippen LogP contribution in [-0.4, -0.2) is 16.4 Å². The molecule has 4 heteroatoms. The van der Waals surface area contributed by atoms with Crippen molar-refractivity contribution in [2.24, 2.45) is 0 Å². The number of nitrogen functional groups attached to an aromatic ring is 1. The van der Waals surface area contributed by atoms with E-state index >= 15 is 0 Å². The largest absolute Gasteiger partial charge is 0.396 e. The summed E-state index contributed by atoms with van der Waals surface area (Å²) in [5.74, 6) is 0. The Morgan fingerprint density at radius 2 is 2.06 bits per heavy atom. The van der Waals surface area contributed by atoms with Gasteiger partial charge < -0.3 is 11.1 Å². The van der Waals surface area contributed by atoms with Gasteiger partial charge in [-0.15, -0.1) is 11.6 Å². The van der Waals surface area contributed by atoms with Crippen molar-refractivity contribution < 1.29 is 0 Å². The highest BCUT2D eigenvalue weighted by atomic mass is 35.5. The number of halogens is 1. The number of hydrogen-bond acceptors (Lipinski definition) is 3. The first kappa shape index (κ1) is 12.0. The third kappa shape index (κ3) is 2.80. The number of fused-ring (bicyclic) bond motifs is 1. The van der Waals surface area contributed by atoms with Gasteiger partial charge in [0.2, 0.25) is 0 Å². The molecule has 0 atom stereocenters. The van der Waals surface area contributed by atoms with E-state index in [1.807, 2.05) is 38.1 Å². The van der Waals surface area contributed by atoms with Crippen molar-refractivity contribution >= 4 is 33.9 Å². The summed E-state index contributed by atoms with van der Waals surface area (Å²) in [6.45, 7) is 4.56. The number of para-hydroxylation sites is 1. The first-order valence-electron chi connectivity index (χ1n) is 5.53. The van der Waals surface area contributed by atoms with Crippen molar-refractivity contribution in [1.82, 2.24) is 4.98 Å². The standard InChI is InChI=1S/C13H16ClN3/c1-13(2,14)8-17-12-9-5-3-4-6-11(9)16-7-10(12)15/h3-7H,8,15H2,1-2H3,(H,16,17). The zero-order chi connectivity index (χ0) is 12.5.